The lowest BCUT2D eigenvalue weighted by Gasteiger charge is -2.23. The molecule has 0 amide bonds. The number of alkyl halides is 3. The molecule has 164 valence electrons. The fourth-order valence-electron chi connectivity index (χ4n) is 2.49. The SMILES string of the molecule is CC(C)OC(=O)C(C)(C)CCOc1ccc(OCc2ccc(C(F)(F)F)cc2)cc1. The Hall–Kier alpha value is -2.70. The summed E-state index contributed by atoms with van der Waals surface area (Å²) in [6, 6.07) is 11.8. The number of esters is 1. The molecule has 0 N–H and O–H groups in total. The van der Waals surface area contributed by atoms with Crippen molar-refractivity contribution in [1.29, 1.82) is 0 Å². The van der Waals surface area contributed by atoms with E-state index >= 15 is 0 Å². The van der Waals surface area contributed by atoms with Crippen molar-refractivity contribution >= 4 is 5.97 Å². The second-order valence-electron chi connectivity index (χ2n) is 7.89. The lowest BCUT2D eigenvalue weighted by atomic mass is 9.90. The highest BCUT2D eigenvalue weighted by atomic mass is 19.4. The zero-order chi connectivity index (χ0) is 22.4. The minimum Gasteiger partial charge on any atom is -0.494 e. The molecule has 0 unspecified atom stereocenters. The minimum absolute atomic E-state index is 0.157. The van der Waals surface area contributed by atoms with Crippen molar-refractivity contribution in [2.75, 3.05) is 6.61 Å². The van der Waals surface area contributed by atoms with Gasteiger partial charge in [0.1, 0.15) is 18.1 Å². The molecule has 0 bridgehead atoms. The average molecular weight is 424 g/mol. The molecule has 0 spiro atoms. The van der Waals surface area contributed by atoms with Gasteiger partial charge in [0.15, 0.2) is 0 Å². The number of hydrogen-bond acceptors (Lipinski definition) is 4. The molecule has 0 aliphatic heterocycles. The minimum atomic E-state index is -4.35. The first-order valence-corrected chi connectivity index (χ1v) is 9.70. The molecule has 0 heterocycles. The van der Waals surface area contributed by atoms with Gasteiger partial charge in [0.25, 0.3) is 0 Å². The van der Waals surface area contributed by atoms with Crippen molar-refractivity contribution in [1.82, 2.24) is 0 Å². The van der Waals surface area contributed by atoms with E-state index in [2.05, 4.69) is 0 Å². The Labute approximate surface area is 175 Å². The lowest BCUT2D eigenvalue weighted by Crippen LogP contribution is -2.30. The molecule has 2 aromatic carbocycles. The van der Waals surface area contributed by atoms with Gasteiger partial charge in [-0.05, 0) is 76.1 Å². The fourth-order valence-corrected chi connectivity index (χ4v) is 2.49. The van der Waals surface area contributed by atoms with Crippen LogP contribution in [0.3, 0.4) is 0 Å². The van der Waals surface area contributed by atoms with Crippen LogP contribution in [0, 0.1) is 5.41 Å². The van der Waals surface area contributed by atoms with Crippen LogP contribution in [0.1, 0.15) is 45.2 Å². The zero-order valence-electron chi connectivity index (χ0n) is 17.6. The number of hydrogen-bond donors (Lipinski definition) is 0. The molecule has 4 nitrogen and oxygen atoms in total. The van der Waals surface area contributed by atoms with Gasteiger partial charge in [-0.1, -0.05) is 12.1 Å². The van der Waals surface area contributed by atoms with E-state index < -0.39 is 17.2 Å². The third-order valence-electron chi connectivity index (χ3n) is 4.40. The Morgan fingerprint density at radius 1 is 0.900 bits per heavy atom. The molecule has 0 saturated carbocycles. The van der Waals surface area contributed by atoms with Gasteiger partial charge >= 0.3 is 12.1 Å². The number of ether oxygens (including phenoxy) is 3. The van der Waals surface area contributed by atoms with Crippen LogP contribution in [0.15, 0.2) is 48.5 Å². The number of carbonyl (C=O) groups is 1. The Bertz CT molecular complexity index is 810. The molecule has 0 aliphatic carbocycles. The molecule has 0 fully saturated rings. The van der Waals surface area contributed by atoms with E-state index in [1.54, 1.807) is 24.3 Å². The summed E-state index contributed by atoms with van der Waals surface area (Å²) in [5.74, 6) is 0.945. The first kappa shape index (κ1) is 23.6. The van der Waals surface area contributed by atoms with Gasteiger partial charge in [0.2, 0.25) is 0 Å². The van der Waals surface area contributed by atoms with E-state index in [9.17, 15) is 18.0 Å². The monoisotopic (exact) mass is 424 g/mol. The molecular formula is C23H27F3O4. The van der Waals surface area contributed by atoms with E-state index in [1.807, 2.05) is 27.7 Å². The summed E-state index contributed by atoms with van der Waals surface area (Å²) in [6.07, 6.45) is -4.00. The highest BCUT2D eigenvalue weighted by molar-refractivity contribution is 5.76. The van der Waals surface area contributed by atoms with Gasteiger partial charge in [-0.25, -0.2) is 0 Å². The molecule has 30 heavy (non-hydrogen) atoms. The van der Waals surface area contributed by atoms with E-state index in [0.29, 0.717) is 30.1 Å². The second kappa shape index (κ2) is 9.87. The summed E-state index contributed by atoms with van der Waals surface area (Å²) in [6.45, 7) is 7.77. The van der Waals surface area contributed by atoms with Crippen molar-refractivity contribution < 1.29 is 32.2 Å². The lowest BCUT2D eigenvalue weighted by molar-refractivity contribution is -0.158. The third kappa shape index (κ3) is 7.28. The first-order valence-electron chi connectivity index (χ1n) is 9.70. The molecule has 2 aromatic rings. The third-order valence-corrected chi connectivity index (χ3v) is 4.40. The highest BCUT2D eigenvalue weighted by Crippen LogP contribution is 2.29. The molecule has 7 heteroatoms. The predicted octanol–water partition coefficient (Wildman–Crippen LogP) is 6.03. The van der Waals surface area contributed by atoms with Crippen LogP contribution in [-0.4, -0.2) is 18.7 Å². The molecule has 0 saturated heterocycles. The summed E-state index contributed by atoms with van der Waals surface area (Å²) in [5.41, 5.74) is -0.693. The molecule has 0 aliphatic rings. The molecule has 0 aromatic heterocycles. The van der Waals surface area contributed by atoms with Gasteiger partial charge in [-0.15, -0.1) is 0 Å². The quantitative estimate of drug-likeness (QED) is 0.461. The molecule has 2 rings (SSSR count). The molecule has 0 atom stereocenters. The van der Waals surface area contributed by atoms with Gasteiger partial charge in [0.05, 0.1) is 23.7 Å². The van der Waals surface area contributed by atoms with Crippen molar-refractivity contribution in [2.45, 2.75) is 53.0 Å². The van der Waals surface area contributed by atoms with Crippen LogP contribution < -0.4 is 9.47 Å². The van der Waals surface area contributed by atoms with E-state index in [0.717, 1.165) is 12.1 Å². The van der Waals surface area contributed by atoms with E-state index in [4.69, 9.17) is 14.2 Å². The topological polar surface area (TPSA) is 44.8 Å². The highest BCUT2D eigenvalue weighted by Gasteiger charge is 2.30. The summed E-state index contributed by atoms with van der Waals surface area (Å²) >= 11 is 0. The van der Waals surface area contributed by atoms with Crippen molar-refractivity contribution in [2.24, 2.45) is 5.41 Å². The fraction of sp³-hybridized carbons (Fsp3) is 0.435. The summed E-state index contributed by atoms with van der Waals surface area (Å²) < 4.78 is 54.3. The maximum Gasteiger partial charge on any atom is 0.416 e. The van der Waals surface area contributed by atoms with Crippen LogP contribution in [0.4, 0.5) is 13.2 Å². The van der Waals surface area contributed by atoms with Gasteiger partial charge < -0.3 is 14.2 Å². The largest absolute Gasteiger partial charge is 0.494 e. The predicted molar refractivity (Wildman–Crippen MR) is 107 cm³/mol. The summed E-state index contributed by atoms with van der Waals surface area (Å²) in [7, 11) is 0. The Morgan fingerprint density at radius 2 is 1.43 bits per heavy atom. The second-order valence-corrected chi connectivity index (χ2v) is 7.89. The van der Waals surface area contributed by atoms with Crippen LogP contribution in [0.5, 0.6) is 11.5 Å². The summed E-state index contributed by atoms with van der Waals surface area (Å²) in [5, 5.41) is 0. The van der Waals surface area contributed by atoms with Crippen LogP contribution in [0.2, 0.25) is 0 Å². The maximum atomic E-state index is 12.6. The number of rotatable bonds is 9. The van der Waals surface area contributed by atoms with Gasteiger partial charge in [-0.2, -0.15) is 13.2 Å². The van der Waals surface area contributed by atoms with E-state index in [1.165, 1.54) is 12.1 Å². The number of carbonyl (C=O) groups excluding carboxylic acids is 1. The maximum absolute atomic E-state index is 12.6. The average Bonchev–Trinajstić information content (AvgIpc) is 2.66. The Kier molecular flexibility index (Phi) is 7.76. The smallest absolute Gasteiger partial charge is 0.416 e. The van der Waals surface area contributed by atoms with Crippen LogP contribution in [-0.2, 0) is 22.3 Å². The molecular weight excluding hydrogens is 397 g/mol. The number of benzene rings is 2. The van der Waals surface area contributed by atoms with Gasteiger partial charge in [0, 0.05) is 0 Å². The standard InChI is InChI=1S/C23H27F3O4/c1-16(2)30-21(27)22(3,4)13-14-28-19-9-11-20(12-10-19)29-15-17-5-7-18(8-6-17)23(24,25)26/h5-12,16H,13-15H2,1-4H3. The summed E-state index contributed by atoms with van der Waals surface area (Å²) in [4.78, 5) is 12.1. The Balaban J connectivity index is 1.80. The Morgan fingerprint density at radius 3 is 1.93 bits per heavy atom. The van der Waals surface area contributed by atoms with E-state index in [-0.39, 0.29) is 18.7 Å². The number of halogens is 3. The van der Waals surface area contributed by atoms with Crippen molar-refractivity contribution in [3.05, 3.63) is 59.7 Å². The normalized spacial score (nSPS) is 12.0. The first-order chi connectivity index (χ1) is 14.0. The van der Waals surface area contributed by atoms with Crippen molar-refractivity contribution in [3.8, 4) is 11.5 Å². The van der Waals surface area contributed by atoms with Crippen LogP contribution in [0.25, 0.3) is 0 Å². The van der Waals surface area contributed by atoms with Gasteiger partial charge in [-0.3, -0.25) is 4.79 Å². The van der Waals surface area contributed by atoms with Crippen molar-refractivity contribution in [3.63, 3.8) is 0 Å². The molecule has 0 radical (unpaired) electrons. The van der Waals surface area contributed by atoms with Crippen LogP contribution >= 0.6 is 0 Å². The zero-order valence-corrected chi connectivity index (χ0v) is 17.6.